The van der Waals surface area contributed by atoms with Crippen LogP contribution in [0.2, 0.25) is 0 Å². The number of ether oxygens (including phenoxy) is 6. The fraction of sp³-hybridized carbons (Fsp3) is 0.385. The number of oxime groups is 1. The second-order valence-electron chi connectivity index (χ2n) is 16.9. The Hall–Kier alpha value is -6.66. The lowest BCUT2D eigenvalue weighted by Gasteiger charge is -2.60. The van der Waals surface area contributed by atoms with E-state index in [-0.39, 0.29) is 63.2 Å². The van der Waals surface area contributed by atoms with Gasteiger partial charge in [-0.1, -0.05) is 36.2 Å². The third kappa shape index (κ3) is 9.11. The summed E-state index contributed by atoms with van der Waals surface area (Å²) in [5.41, 5.74) is 4.28. The smallest absolute Gasteiger partial charge is 0.254 e. The van der Waals surface area contributed by atoms with Gasteiger partial charge >= 0.3 is 0 Å². The van der Waals surface area contributed by atoms with Gasteiger partial charge in [0.05, 0.1) is 42.5 Å². The van der Waals surface area contributed by atoms with Gasteiger partial charge in [0.2, 0.25) is 12.6 Å². The van der Waals surface area contributed by atoms with Crippen molar-refractivity contribution in [1.82, 2.24) is 4.90 Å². The van der Waals surface area contributed by atoms with Crippen molar-refractivity contribution >= 4 is 17.9 Å². The molecule has 14 heteroatoms. The van der Waals surface area contributed by atoms with Gasteiger partial charge in [-0.05, 0) is 121 Å². The van der Waals surface area contributed by atoms with E-state index >= 15 is 4.79 Å². The Morgan fingerprint density at radius 2 is 1.68 bits per heavy atom. The van der Waals surface area contributed by atoms with E-state index in [9.17, 15) is 20.3 Å². The predicted octanol–water partition coefficient (Wildman–Crippen LogP) is 8.51. The molecule has 4 aliphatic rings. The number of rotatable bonds is 20. The van der Waals surface area contributed by atoms with Gasteiger partial charge in [-0.15, -0.1) is 6.58 Å². The molecule has 14 nitrogen and oxygen atoms in total. The number of carbonyl (C=O) groups excluding carboxylic acids is 2. The first-order valence-electron chi connectivity index (χ1n) is 22.4. The lowest BCUT2D eigenvalue weighted by Crippen LogP contribution is -2.70. The first kappa shape index (κ1) is 45.9. The second kappa shape index (κ2) is 20.7. The predicted molar refractivity (Wildman–Crippen MR) is 244 cm³/mol. The molecule has 1 amide bonds. The normalized spacial score (nSPS) is 22.7. The number of aliphatic hydroxyl groups is 2. The van der Waals surface area contributed by atoms with Crippen LogP contribution >= 0.6 is 0 Å². The van der Waals surface area contributed by atoms with Crippen LogP contribution in [0.15, 0.2) is 108 Å². The van der Waals surface area contributed by atoms with Gasteiger partial charge in [0.25, 0.3) is 5.91 Å². The zero-order chi connectivity index (χ0) is 46.2. The number of allylic oxidation sites excluding steroid dienone is 1. The van der Waals surface area contributed by atoms with Crippen molar-refractivity contribution in [3.05, 3.63) is 131 Å². The maximum absolute atomic E-state index is 15.4. The quantitative estimate of drug-likeness (QED) is 0.0375. The Balaban J connectivity index is 1.34. The van der Waals surface area contributed by atoms with Crippen molar-refractivity contribution in [3.8, 4) is 40.6 Å². The van der Waals surface area contributed by atoms with Crippen LogP contribution in [-0.4, -0.2) is 85.7 Å². The molecule has 2 aliphatic carbocycles. The lowest BCUT2D eigenvalue weighted by atomic mass is 9.55. The van der Waals surface area contributed by atoms with E-state index in [0.29, 0.717) is 69.7 Å². The summed E-state index contributed by atoms with van der Waals surface area (Å²) in [5, 5.41) is 34.3. The maximum Gasteiger partial charge on any atom is 0.254 e. The monoisotopic (exact) mass is 897 g/mol. The zero-order valence-corrected chi connectivity index (χ0v) is 37.2. The van der Waals surface area contributed by atoms with Gasteiger partial charge in [0, 0.05) is 43.2 Å². The van der Waals surface area contributed by atoms with Crippen molar-refractivity contribution in [2.24, 2.45) is 22.9 Å². The highest BCUT2D eigenvalue weighted by molar-refractivity contribution is 6.03. The van der Waals surface area contributed by atoms with E-state index in [0.717, 1.165) is 48.7 Å². The summed E-state index contributed by atoms with van der Waals surface area (Å²) in [4.78, 5) is 34.7. The van der Waals surface area contributed by atoms with Crippen molar-refractivity contribution in [2.75, 3.05) is 40.8 Å². The molecule has 2 N–H and O–H groups in total. The first-order chi connectivity index (χ1) is 32.3. The van der Waals surface area contributed by atoms with Crippen LogP contribution in [0.4, 0.5) is 0 Å². The molecule has 0 saturated heterocycles. The number of benzene rings is 4. The molecule has 8 rings (SSSR count). The van der Waals surface area contributed by atoms with Crippen LogP contribution in [0.1, 0.15) is 88.3 Å². The number of methoxy groups -OCH3 is 1. The third-order valence-electron chi connectivity index (χ3n) is 13.1. The van der Waals surface area contributed by atoms with Crippen LogP contribution in [0, 0.1) is 29.1 Å². The zero-order valence-electron chi connectivity index (χ0n) is 37.2. The molecule has 0 radical (unpaired) electrons. The number of hydrogen-bond acceptors (Lipinski definition) is 13. The largest absolute Gasteiger partial charge is 0.496 e. The van der Waals surface area contributed by atoms with Crippen LogP contribution in [0.25, 0.3) is 0 Å². The SMILES string of the molecule is C=CCO[C@@]12Oc3ccc(Oc4ccc(OC)c(C=O)c4)cc3[C@H]3[C@H](CCCCO)[C@@H](CCCCO)C=C(C(=NOC)C[C@@H]1N(Cc1ccc4c(c1)OCO4)C(=O)c1ccc(C#N)cc1)[C@H]32. The molecule has 66 heavy (non-hydrogen) atoms. The number of amides is 1. The molecular weight excluding hydrogens is 843 g/mol. The molecule has 0 bridgehead atoms. The molecule has 0 aromatic heterocycles. The van der Waals surface area contributed by atoms with Crippen molar-refractivity contribution in [3.63, 3.8) is 0 Å². The van der Waals surface area contributed by atoms with Crippen molar-refractivity contribution in [2.45, 2.75) is 69.2 Å². The third-order valence-corrected chi connectivity index (χ3v) is 13.1. The van der Waals surface area contributed by atoms with Crippen LogP contribution < -0.4 is 23.7 Å². The molecule has 4 aromatic rings. The summed E-state index contributed by atoms with van der Waals surface area (Å²) >= 11 is 0. The number of nitrogens with zero attached hydrogens (tertiary/aromatic N) is 3. The Kier molecular flexibility index (Phi) is 14.4. The van der Waals surface area contributed by atoms with E-state index < -0.39 is 17.7 Å². The van der Waals surface area contributed by atoms with Crippen LogP contribution in [-0.2, 0) is 16.1 Å². The fourth-order valence-electron chi connectivity index (χ4n) is 10.2. The summed E-state index contributed by atoms with van der Waals surface area (Å²) < 4.78 is 37.8. The van der Waals surface area contributed by atoms with Gasteiger partial charge in [-0.3, -0.25) is 9.59 Å². The molecule has 6 atom stereocenters. The molecule has 4 aromatic carbocycles. The number of fused-ring (bicyclic) bond motifs is 3. The molecular formula is C52H55N3O11. The molecule has 2 aliphatic heterocycles. The maximum atomic E-state index is 15.4. The molecule has 1 saturated carbocycles. The summed E-state index contributed by atoms with van der Waals surface area (Å²) in [6, 6.07) is 24.2. The highest BCUT2D eigenvalue weighted by atomic mass is 16.7. The minimum absolute atomic E-state index is 0.0134. The second-order valence-corrected chi connectivity index (χ2v) is 16.9. The van der Waals surface area contributed by atoms with Gasteiger partial charge in [-0.2, -0.15) is 5.26 Å². The highest BCUT2D eigenvalue weighted by Crippen LogP contribution is 2.62. The molecule has 2 heterocycles. The topological polar surface area (TPSA) is 179 Å². The van der Waals surface area contributed by atoms with Gasteiger partial charge in [0.1, 0.15) is 36.1 Å². The number of aliphatic hydroxyl groups excluding tert-OH is 2. The van der Waals surface area contributed by atoms with E-state index in [4.69, 9.17) is 38.4 Å². The minimum atomic E-state index is -1.54. The van der Waals surface area contributed by atoms with E-state index in [1.807, 2.05) is 36.4 Å². The van der Waals surface area contributed by atoms with E-state index in [2.05, 4.69) is 18.7 Å². The Bertz CT molecular complexity index is 2520. The minimum Gasteiger partial charge on any atom is -0.496 e. The summed E-state index contributed by atoms with van der Waals surface area (Å²) in [7, 11) is 3.01. The molecule has 0 unspecified atom stereocenters. The van der Waals surface area contributed by atoms with Crippen molar-refractivity contribution < 1.29 is 53.1 Å². The van der Waals surface area contributed by atoms with Crippen LogP contribution in [0.3, 0.4) is 0 Å². The Morgan fingerprint density at radius 1 is 0.939 bits per heavy atom. The number of carbonyl (C=O) groups is 2. The first-order valence-corrected chi connectivity index (χ1v) is 22.4. The van der Waals surface area contributed by atoms with E-state index in [1.165, 1.54) is 14.2 Å². The summed E-state index contributed by atoms with van der Waals surface area (Å²) in [6.07, 6.45) is 9.14. The number of aldehydes is 1. The fourth-order valence-corrected chi connectivity index (χ4v) is 10.2. The molecule has 1 fully saturated rings. The average Bonchev–Trinajstić information content (AvgIpc) is 3.82. The number of hydrogen-bond donors (Lipinski definition) is 2. The van der Waals surface area contributed by atoms with Crippen LogP contribution in [0.5, 0.6) is 34.5 Å². The number of unbranched alkanes of at least 4 members (excludes halogenated alkanes) is 2. The van der Waals surface area contributed by atoms with Crippen molar-refractivity contribution in [1.29, 1.82) is 5.26 Å². The lowest BCUT2D eigenvalue weighted by molar-refractivity contribution is -0.255. The van der Waals surface area contributed by atoms with Gasteiger partial charge in [0.15, 0.2) is 17.8 Å². The standard InChI is InChI=1S/C52H55N3O11/c1-4-23-64-52-48(55(51(59)35-14-11-33(29-53)12-15-35)30-34-13-18-46-47(24-34)63-32-62-46)28-43(54-61-3)41-26-36(9-5-7-21-56)40(10-6-8-22-57)49(50(41)52)42-27-39(17-20-45(42)66-52)65-38-16-19-44(60-2)37(25-38)31-58/h4,11-20,24-27,31,36,40,48-50,56-57H,1,5-10,21-23,28,30,32H2,2-3H3/t36-,40+,48-,49+,50+,52+/m0/s1. The summed E-state index contributed by atoms with van der Waals surface area (Å²) in [6.45, 7) is 4.43. The average molecular weight is 898 g/mol. The Morgan fingerprint density at radius 3 is 2.41 bits per heavy atom. The van der Waals surface area contributed by atoms with Gasteiger partial charge < -0.3 is 48.4 Å². The molecule has 344 valence electrons. The highest BCUT2D eigenvalue weighted by Gasteiger charge is 2.65. The van der Waals surface area contributed by atoms with E-state index in [1.54, 1.807) is 53.4 Å². The molecule has 0 spiro atoms. The Labute approximate surface area is 384 Å². The number of nitriles is 1. The summed E-state index contributed by atoms with van der Waals surface area (Å²) in [5.74, 6) is 0.330. The van der Waals surface area contributed by atoms with Gasteiger partial charge in [-0.25, -0.2) is 0 Å².